The van der Waals surface area contributed by atoms with Crippen LogP contribution in [0.15, 0.2) is 76.5 Å². The summed E-state index contributed by atoms with van der Waals surface area (Å²) in [4.78, 5) is 8.66. The van der Waals surface area contributed by atoms with E-state index in [1.807, 2.05) is 54.6 Å². The maximum absolute atomic E-state index is 11.5. The van der Waals surface area contributed by atoms with Crippen molar-refractivity contribution >= 4 is 44.9 Å². The van der Waals surface area contributed by atoms with Crippen molar-refractivity contribution < 1.29 is 13.0 Å². The minimum atomic E-state index is -4.12. The number of hydrogen-bond acceptors (Lipinski definition) is 5. The number of fused-ring (bicyclic) bond motifs is 2. The molecule has 0 bridgehead atoms. The first kappa shape index (κ1) is 19.3. The van der Waals surface area contributed by atoms with Crippen LogP contribution < -0.4 is 4.90 Å². The average molecular weight is 433 g/mol. The summed E-state index contributed by atoms with van der Waals surface area (Å²) >= 11 is 7.79. The maximum Gasteiger partial charge on any atom is 0.264 e. The van der Waals surface area contributed by atoms with Gasteiger partial charge >= 0.3 is 0 Å². The van der Waals surface area contributed by atoms with Gasteiger partial charge < -0.3 is 4.90 Å². The Kier molecular flexibility index (Phi) is 5.33. The highest BCUT2D eigenvalue weighted by Crippen LogP contribution is 2.51. The van der Waals surface area contributed by atoms with Gasteiger partial charge in [-0.1, -0.05) is 53.7 Å². The Morgan fingerprint density at radius 1 is 0.964 bits per heavy atom. The fraction of sp³-hybridized carbons (Fsp3) is 0.150. The Balaban J connectivity index is 1.88. The molecule has 144 valence electrons. The number of anilines is 2. The van der Waals surface area contributed by atoms with Crippen LogP contribution in [0.3, 0.4) is 0 Å². The highest BCUT2D eigenvalue weighted by molar-refractivity contribution is 7.99. The predicted octanol–water partition coefficient (Wildman–Crippen LogP) is 5.36. The zero-order valence-corrected chi connectivity index (χ0v) is 17.1. The standard InChI is InChI=1S/C20H17ClN2O3S2/c21-20-11-5-6-14(22-20)15(12-13-28(24,25)26)23-16-7-1-3-9-18(16)27-19-10-4-2-8-17(19)23/h1-11,15H,12-13H2,(H,24,25,26). The van der Waals surface area contributed by atoms with Gasteiger partial charge in [0.15, 0.2) is 0 Å². The van der Waals surface area contributed by atoms with Crippen LogP contribution >= 0.6 is 23.4 Å². The van der Waals surface area contributed by atoms with Gasteiger partial charge in [-0.15, -0.1) is 0 Å². The van der Waals surface area contributed by atoms with Crippen LogP contribution in [0.2, 0.25) is 5.15 Å². The van der Waals surface area contributed by atoms with Crippen molar-refractivity contribution in [3.8, 4) is 0 Å². The lowest BCUT2D eigenvalue weighted by molar-refractivity contribution is 0.476. The zero-order valence-electron chi connectivity index (χ0n) is 14.7. The second-order valence-corrected chi connectivity index (χ2v) is 9.43. The van der Waals surface area contributed by atoms with E-state index in [1.54, 1.807) is 23.9 Å². The lowest BCUT2D eigenvalue weighted by Gasteiger charge is -2.38. The normalized spacial score (nSPS) is 14.3. The lowest BCUT2D eigenvalue weighted by Crippen LogP contribution is -2.29. The minimum Gasteiger partial charge on any atom is -0.330 e. The number of para-hydroxylation sites is 2. The Bertz CT molecular complexity index is 1080. The van der Waals surface area contributed by atoms with Crippen molar-refractivity contribution in [2.75, 3.05) is 10.7 Å². The van der Waals surface area contributed by atoms with Crippen LogP contribution in [0, 0.1) is 0 Å². The summed E-state index contributed by atoms with van der Waals surface area (Å²) in [6.45, 7) is 0. The molecule has 1 N–H and O–H groups in total. The van der Waals surface area contributed by atoms with Gasteiger partial charge in [0.05, 0.1) is 28.9 Å². The molecule has 1 aliphatic rings. The molecule has 3 aromatic rings. The molecular formula is C20H17ClN2O3S2. The molecule has 1 aliphatic heterocycles. The van der Waals surface area contributed by atoms with Crippen LogP contribution in [0.1, 0.15) is 18.2 Å². The first-order valence-corrected chi connectivity index (χ1v) is 11.5. The van der Waals surface area contributed by atoms with Crippen LogP contribution in [0.4, 0.5) is 11.4 Å². The third kappa shape index (κ3) is 4.03. The van der Waals surface area contributed by atoms with E-state index < -0.39 is 16.2 Å². The summed E-state index contributed by atoms with van der Waals surface area (Å²) in [5, 5.41) is 0.335. The molecule has 0 aliphatic carbocycles. The number of nitrogens with zero attached hydrogens (tertiary/aromatic N) is 2. The quantitative estimate of drug-likeness (QED) is 0.432. The molecule has 4 rings (SSSR count). The molecular weight excluding hydrogens is 416 g/mol. The van der Waals surface area contributed by atoms with Crippen LogP contribution in [0.25, 0.3) is 0 Å². The summed E-state index contributed by atoms with van der Waals surface area (Å²) in [5.41, 5.74) is 2.58. The topological polar surface area (TPSA) is 70.5 Å². The van der Waals surface area contributed by atoms with Gasteiger partial charge in [-0.25, -0.2) is 4.98 Å². The van der Waals surface area contributed by atoms with Gasteiger partial charge in [0.25, 0.3) is 10.1 Å². The van der Waals surface area contributed by atoms with Crippen molar-refractivity contribution in [2.24, 2.45) is 0 Å². The number of benzene rings is 2. The summed E-state index contributed by atoms with van der Waals surface area (Å²) in [7, 11) is -4.12. The van der Waals surface area contributed by atoms with Crippen LogP contribution in [-0.2, 0) is 10.1 Å². The second kappa shape index (κ2) is 7.75. The summed E-state index contributed by atoms with van der Waals surface area (Å²) < 4.78 is 32.3. The van der Waals surface area contributed by atoms with E-state index in [4.69, 9.17) is 11.6 Å². The smallest absolute Gasteiger partial charge is 0.264 e. The van der Waals surface area contributed by atoms with Crippen molar-refractivity contribution in [3.63, 3.8) is 0 Å². The van der Waals surface area contributed by atoms with E-state index in [1.165, 1.54) is 0 Å². The zero-order chi connectivity index (χ0) is 19.7. The largest absolute Gasteiger partial charge is 0.330 e. The van der Waals surface area contributed by atoms with Crippen LogP contribution in [-0.4, -0.2) is 23.7 Å². The van der Waals surface area contributed by atoms with E-state index in [0.717, 1.165) is 21.2 Å². The van der Waals surface area contributed by atoms with Gasteiger partial charge in [0.1, 0.15) is 5.15 Å². The fourth-order valence-corrected chi connectivity index (χ4v) is 5.11. The molecule has 2 heterocycles. The summed E-state index contributed by atoms with van der Waals surface area (Å²) in [6, 6.07) is 20.8. The number of pyridine rings is 1. The van der Waals surface area contributed by atoms with Crippen LogP contribution in [0.5, 0.6) is 0 Å². The second-order valence-electron chi connectivity index (χ2n) is 6.38. The van der Waals surface area contributed by atoms with Crippen molar-refractivity contribution in [1.82, 2.24) is 4.98 Å². The number of halogens is 1. The van der Waals surface area contributed by atoms with E-state index in [-0.39, 0.29) is 12.2 Å². The maximum atomic E-state index is 11.5. The molecule has 28 heavy (non-hydrogen) atoms. The Hall–Kier alpha value is -2.06. The molecule has 0 amide bonds. The van der Waals surface area contributed by atoms with Crippen molar-refractivity contribution in [3.05, 3.63) is 77.6 Å². The lowest BCUT2D eigenvalue weighted by atomic mass is 10.0. The fourth-order valence-electron chi connectivity index (χ4n) is 3.35. The van der Waals surface area contributed by atoms with E-state index in [9.17, 15) is 13.0 Å². The average Bonchev–Trinajstić information content (AvgIpc) is 2.66. The molecule has 0 radical (unpaired) electrons. The van der Waals surface area contributed by atoms with Crippen molar-refractivity contribution in [2.45, 2.75) is 22.3 Å². The third-order valence-electron chi connectivity index (χ3n) is 4.51. The van der Waals surface area contributed by atoms with Gasteiger partial charge in [0, 0.05) is 9.79 Å². The Morgan fingerprint density at radius 2 is 1.57 bits per heavy atom. The molecule has 0 fully saturated rings. The van der Waals surface area contributed by atoms with Crippen molar-refractivity contribution in [1.29, 1.82) is 0 Å². The van der Waals surface area contributed by atoms with E-state index >= 15 is 0 Å². The van der Waals surface area contributed by atoms with Gasteiger partial charge in [-0.2, -0.15) is 8.42 Å². The molecule has 1 atom stereocenters. The van der Waals surface area contributed by atoms with Gasteiger partial charge in [0.2, 0.25) is 0 Å². The predicted molar refractivity (Wildman–Crippen MR) is 112 cm³/mol. The summed E-state index contributed by atoms with van der Waals surface area (Å²) in [6.07, 6.45) is 0.166. The highest BCUT2D eigenvalue weighted by Gasteiger charge is 2.31. The molecule has 2 aromatic carbocycles. The Labute approximate surface area is 173 Å². The molecule has 0 spiro atoms. The molecule has 0 saturated heterocycles. The minimum absolute atomic E-state index is 0.166. The highest BCUT2D eigenvalue weighted by atomic mass is 35.5. The number of aromatic nitrogens is 1. The molecule has 1 unspecified atom stereocenters. The third-order valence-corrected chi connectivity index (χ3v) is 6.60. The van der Waals surface area contributed by atoms with E-state index in [0.29, 0.717) is 10.8 Å². The van der Waals surface area contributed by atoms with E-state index in [2.05, 4.69) is 9.88 Å². The molecule has 5 nitrogen and oxygen atoms in total. The SMILES string of the molecule is O=S(=O)(O)CCC(c1cccc(Cl)n1)N1c2ccccc2Sc2ccccc21. The van der Waals surface area contributed by atoms with Gasteiger partial charge in [-0.05, 0) is 42.8 Å². The number of hydrogen-bond donors (Lipinski definition) is 1. The monoisotopic (exact) mass is 432 g/mol. The first-order chi connectivity index (χ1) is 13.4. The summed E-state index contributed by atoms with van der Waals surface area (Å²) in [5.74, 6) is -0.375. The first-order valence-electron chi connectivity index (χ1n) is 8.65. The molecule has 1 aromatic heterocycles. The number of rotatable bonds is 5. The Morgan fingerprint density at radius 3 is 2.14 bits per heavy atom. The molecule has 8 heteroatoms. The molecule has 0 saturated carbocycles. The van der Waals surface area contributed by atoms with Gasteiger partial charge in [-0.3, -0.25) is 4.55 Å².